The molecule has 1 aromatic heterocycles. The van der Waals surface area contributed by atoms with Gasteiger partial charge in [-0.05, 0) is 23.8 Å². The summed E-state index contributed by atoms with van der Waals surface area (Å²) in [6.07, 6.45) is -4.36. The highest BCUT2D eigenvalue weighted by atomic mass is 19.4. The molecule has 0 fully saturated rings. The first-order valence-electron chi connectivity index (χ1n) is 4.09. The van der Waals surface area contributed by atoms with Crippen molar-refractivity contribution in [1.29, 1.82) is 0 Å². The number of rotatable bonds is 0. The number of hydrogen-bond acceptors (Lipinski definition) is 4. The fourth-order valence-corrected chi connectivity index (χ4v) is 1.48. The van der Waals surface area contributed by atoms with Gasteiger partial charge in [-0.15, -0.1) is 0 Å². The second kappa shape index (κ2) is 2.82. The summed E-state index contributed by atoms with van der Waals surface area (Å²) in [7, 11) is 0. The monoisotopic (exact) mass is 207 g/mol. The Hall–Kier alpha value is -1.34. The lowest BCUT2D eigenvalue weighted by Crippen LogP contribution is -2.38. The van der Waals surface area contributed by atoms with Crippen LogP contribution in [0, 0.1) is 0 Å². The summed E-state index contributed by atoms with van der Waals surface area (Å²) in [4.78, 5) is 0. The van der Waals surface area contributed by atoms with Crippen LogP contribution in [0.1, 0.15) is 19.4 Å². The first-order valence-corrected chi connectivity index (χ1v) is 4.09. The minimum absolute atomic E-state index is 0.0540. The molecule has 2 atom stereocenters. The van der Waals surface area contributed by atoms with Gasteiger partial charge in [-0.1, -0.05) is 5.10 Å². The SMILES string of the molecule is CC1CC(C(F)(F)F)n2nnnc2N1. The number of hydrogen-bond donors (Lipinski definition) is 1. The number of aromatic nitrogens is 4. The van der Waals surface area contributed by atoms with Gasteiger partial charge in [0.05, 0.1) is 0 Å². The second-order valence-electron chi connectivity index (χ2n) is 3.29. The zero-order chi connectivity index (χ0) is 10.3. The van der Waals surface area contributed by atoms with E-state index in [1.807, 2.05) is 0 Å². The fourth-order valence-electron chi connectivity index (χ4n) is 1.48. The molecule has 1 aromatic rings. The summed E-state index contributed by atoms with van der Waals surface area (Å²) in [6, 6.07) is -1.90. The van der Waals surface area contributed by atoms with Gasteiger partial charge >= 0.3 is 6.18 Å². The molecule has 0 aromatic carbocycles. The molecule has 2 rings (SSSR count). The molecule has 14 heavy (non-hydrogen) atoms. The fraction of sp³-hybridized carbons (Fsp3) is 0.833. The Morgan fingerprint density at radius 1 is 1.50 bits per heavy atom. The third-order valence-corrected chi connectivity index (χ3v) is 2.12. The maximum absolute atomic E-state index is 12.5. The van der Waals surface area contributed by atoms with Gasteiger partial charge in [0.1, 0.15) is 0 Å². The number of alkyl halides is 3. The molecule has 1 N–H and O–H groups in total. The highest BCUT2D eigenvalue weighted by molar-refractivity contribution is 5.27. The van der Waals surface area contributed by atoms with Crippen molar-refractivity contribution in [2.45, 2.75) is 31.6 Å². The van der Waals surface area contributed by atoms with Gasteiger partial charge in [0, 0.05) is 6.04 Å². The van der Waals surface area contributed by atoms with Crippen LogP contribution in [0.4, 0.5) is 19.1 Å². The minimum Gasteiger partial charge on any atom is -0.351 e. The van der Waals surface area contributed by atoms with E-state index in [9.17, 15) is 13.2 Å². The van der Waals surface area contributed by atoms with E-state index >= 15 is 0 Å². The number of tetrazole rings is 1. The van der Waals surface area contributed by atoms with Crippen LogP contribution in [0.5, 0.6) is 0 Å². The standard InChI is InChI=1S/C6H8F3N5/c1-3-2-4(6(7,8)9)14-5(10-3)11-12-13-14/h3-4H,2H2,1H3,(H,10,11,13). The van der Waals surface area contributed by atoms with E-state index in [-0.39, 0.29) is 18.4 Å². The topological polar surface area (TPSA) is 55.6 Å². The van der Waals surface area contributed by atoms with E-state index in [0.29, 0.717) is 0 Å². The van der Waals surface area contributed by atoms with Crippen molar-refractivity contribution in [1.82, 2.24) is 20.2 Å². The van der Waals surface area contributed by atoms with Gasteiger partial charge in [-0.25, -0.2) is 0 Å². The molecule has 8 heteroatoms. The van der Waals surface area contributed by atoms with E-state index < -0.39 is 12.2 Å². The normalized spacial score (nSPS) is 26.9. The highest BCUT2D eigenvalue weighted by Crippen LogP contribution is 2.37. The van der Waals surface area contributed by atoms with Crippen LogP contribution >= 0.6 is 0 Å². The summed E-state index contributed by atoms with van der Waals surface area (Å²) < 4.78 is 38.4. The number of nitrogens with one attached hydrogen (secondary N) is 1. The Morgan fingerprint density at radius 3 is 2.86 bits per heavy atom. The van der Waals surface area contributed by atoms with Crippen LogP contribution in [0.3, 0.4) is 0 Å². The molecule has 0 radical (unpaired) electrons. The van der Waals surface area contributed by atoms with E-state index in [0.717, 1.165) is 4.68 Å². The minimum atomic E-state index is -4.31. The largest absolute Gasteiger partial charge is 0.411 e. The van der Waals surface area contributed by atoms with E-state index in [1.54, 1.807) is 6.92 Å². The lowest BCUT2D eigenvalue weighted by Gasteiger charge is -2.29. The van der Waals surface area contributed by atoms with Crippen molar-refractivity contribution in [3.63, 3.8) is 0 Å². The van der Waals surface area contributed by atoms with Crippen molar-refractivity contribution in [2.75, 3.05) is 5.32 Å². The number of fused-ring (bicyclic) bond motifs is 1. The first-order chi connectivity index (χ1) is 6.48. The average Bonchev–Trinajstić information content (AvgIpc) is 2.47. The number of halogens is 3. The lowest BCUT2D eigenvalue weighted by atomic mass is 10.1. The Kier molecular flexibility index (Phi) is 1.86. The van der Waals surface area contributed by atoms with Crippen LogP contribution < -0.4 is 5.32 Å². The Bertz CT molecular complexity index is 332. The highest BCUT2D eigenvalue weighted by Gasteiger charge is 2.46. The summed E-state index contributed by atoms with van der Waals surface area (Å²) >= 11 is 0. The molecule has 5 nitrogen and oxygen atoms in total. The van der Waals surface area contributed by atoms with E-state index in [1.165, 1.54) is 0 Å². The van der Waals surface area contributed by atoms with Gasteiger partial charge in [-0.2, -0.15) is 17.9 Å². The van der Waals surface area contributed by atoms with Gasteiger partial charge in [0.15, 0.2) is 6.04 Å². The van der Waals surface area contributed by atoms with E-state index in [2.05, 4.69) is 20.8 Å². The second-order valence-corrected chi connectivity index (χ2v) is 3.29. The molecule has 0 amide bonds. The molecule has 1 aliphatic rings. The van der Waals surface area contributed by atoms with E-state index in [4.69, 9.17) is 0 Å². The van der Waals surface area contributed by atoms with Crippen LogP contribution in [0.25, 0.3) is 0 Å². The molecule has 2 heterocycles. The Balaban J connectivity index is 2.37. The lowest BCUT2D eigenvalue weighted by molar-refractivity contribution is -0.173. The summed E-state index contributed by atoms with van der Waals surface area (Å²) in [5.41, 5.74) is 0. The third-order valence-electron chi connectivity index (χ3n) is 2.12. The first kappa shape index (κ1) is 9.22. The van der Waals surface area contributed by atoms with Crippen molar-refractivity contribution < 1.29 is 13.2 Å². The van der Waals surface area contributed by atoms with Crippen molar-refractivity contribution in [3.8, 4) is 0 Å². The smallest absolute Gasteiger partial charge is 0.351 e. The van der Waals surface area contributed by atoms with Gasteiger partial charge in [0.2, 0.25) is 5.95 Å². The van der Waals surface area contributed by atoms with Gasteiger partial charge in [-0.3, -0.25) is 0 Å². The van der Waals surface area contributed by atoms with Crippen molar-refractivity contribution in [2.24, 2.45) is 0 Å². The summed E-state index contributed by atoms with van der Waals surface area (Å²) in [5, 5.41) is 12.7. The van der Waals surface area contributed by atoms with Crippen molar-refractivity contribution >= 4 is 5.95 Å². The van der Waals surface area contributed by atoms with Crippen LogP contribution in [-0.2, 0) is 0 Å². The van der Waals surface area contributed by atoms with Crippen LogP contribution in [0.2, 0.25) is 0 Å². The van der Waals surface area contributed by atoms with Crippen LogP contribution in [-0.4, -0.2) is 32.4 Å². The molecule has 1 aliphatic heterocycles. The molecule has 78 valence electrons. The molecule has 2 unspecified atom stereocenters. The zero-order valence-electron chi connectivity index (χ0n) is 7.28. The molecule has 0 saturated carbocycles. The predicted molar refractivity (Wildman–Crippen MR) is 40.6 cm³/mol. The number of nitrogens with zero attached hydrogens (tertiary/aromatic N) is 4. The number of anilines is 1. The molecular formula is C6H8F3N5. The third kappa shape index (κ3) is 1.40. The van der Waals surface area contributed by atoms with Gasteiger partial charge < -0.3 is 5.32 Å². The molecule has 0 spiro atoms. The predicted octanol–water partition coefficient (Wildman–Crippen LogP) is 0.981. The van der Waals surface area contributed by atoms with Crippen LogP contribution in [0.15, 0.2) is 0 Å². The Morgan fingerprint density at radius 2 is 2.21 bits per heavy atom. The molecule has 0 bridgehead atoms. The summed E-state index contributed by atoms with van der Waals surface area (Å²) in [5.74, 6) is 0.0751. The molecular weight excluding hydrogens is 199 g/mol. The Labute approximate surface area is 77.3 Å². The maximum Gasteiger partial charge on any atom is 0.411 e. The quantitative estimate of drug-likeness (QED) is 0.689. The molecule has 0 saturated heterocycles. The maximum atomic E-state index is 12.5. The van der Waals surface area contributed by atoms with Gasteiger partial charge in [0.25, 0.3) is 0 Å². The van der Waals surface area contributed by atoms with Crippen molar-refractivity contribution in [3.05, 3.63) is 0 Å². The summed E-state index contributed by atoms with van der Waals surface area (Å²) in [6.45, 7) is 1.66. The average molecular weight is 207 g/mol. The zero-order valence-corrected chi connectivity index (χ0v) is 7.28. The molecule has 0 aliphatic carbocycles.